The van der Waals surface area contributed by atoms with Gasteiger partial charge in [0.1, 0.15) is 8.46 Å². The minimum absolute atomic E-state index is 0.545. The fourth-order valence-electron chi connectivity index (χ4n) is 0.880. The van der Waals surface area contributed by atoms with E-state index in [0.29, 0.717) is 6.61 Å². The lowest BCUT2D eigenvalue weighted by atomic mass is 10.3. The van der Waals surface area contributed by atoms with Gasteiger partial charge in [-0.1, -0.05) is 0 Å². The second kappa shape index (κ2) is 4.17. The van der Waals surface area contributed by atoms with Crippen molar-refractivity contribution in [3.05, 3.63) is 16.6 Å². The van der Waals surface area contributed by atoms with Crippen LogP contribution >= 0.6 is 19.8 Å². The Kier molecular flexibility index (Phi) is 3.44. The molecule has 12 heavy (non-hydrogen) atoms. The van der Waals surface area contributed by atoms with Crippen LogP contribution in [0.3, 0.4) is 0 Å². The Bertz CT molecular complexity index is 252. The molecule has 2 unspecified atom stereocenters. The number of hydrogen-bond acceptors (Lipinski definition) is 4. The summed E-state index contributed by atoms with van der Waals surface area (Å²) in [6.07, 6.45) is 0. The molecule has 0 saturated carbocycles. The van der Waals surface area contributed by atoms with Crippen LogP contribution in [0.1, 0.15) is 19.5 Å². The summed E-state index contributed by atoms with van der Waals surface area (Å²) in [6.45, 7) is 4.22. The molecule has 1 heterocycles. The second-order valence-electron chi connectivity index (χ2n) is 2.48. The molecule has 67 valence electrons. The van der Waals surface area contributed by atoms with Crippen LogP contribution in [0.2, 0.25) is 0 Å². The molecule has 0 aliphatic heterocycles. The van der Waals surface area contributed by atoms with Crippen LogP contribution in [0.4, 0.5) is 0 Å². The Morgan fingerprint density at radius 1 is 1.92 bits per heavy atom. The molecule has 1 aromatic heterocycles. The van der Waals surface area contributed by atoms with Gasteiger partial charge >= 0.3 is 0 Å². The van der Waals surface area contributed by atoms with E-state index in [-0.39, 0.29) is 0 Å². The molecule has 0 N–H and O–H groups in total. The van der Waals surface area contributed by atoms with Crippen molar-refractivity contribution in [1.82, 2.24) is 4.98 Å². The van der Waals surface area contributed by atoms with Crippen LogP contribution in [0, 0.1) is 5.51 Å². The van der Waals surface area contributed by atoms with Gasteiger partial charge in [-0.25, -0.2) is 4.98 Å². The van der Waals surface area contributed by atoms with Crippen molar-refractivity contribution in [2.45, 2.75) is 19.2 Å². The fourth-order valence-corrected chi connectivity index (χ4v) is 2.11. The fraction of sp³-hybridized carbons (Fsp3) is 0.571. The third kappa shape index (κ3) is 1.94. The summed E-state index contributed by atoms with van der Waals surface area (Å²) in [5.74, 6) is 0. The third-order valence-electron chi connectivity index (χ3n) is 1.57. The Hall–Kier alpha value is -0.180. The number of hydrogen-bond donors (Lipinski definition) is 0. The first kappa shape index (κ1) is 9.90. The maximum atomic E-state index is 10.9. The molecule has 0 saturated heterocycles. The van der Waals surface area contributed by atoms with Crippen molar-refractivity contribution in [1.29, 1.82) is 0 Å². The van der Waals surface area contributed by atoms with Gasteiger partial charge in [0.25, 0.3) is 0 Å². The summed E-state index contributed by atoms with van der Waals surface area (Å²) >= 11 is 1.37. The Labute approximate surface area is 77.0 Å². The first-order valence-corrected chi connectivity index (χ1v) is 5.58. The standard InChI is InChI=1S/C7H11NO2PS/c1-3-10-7(2,11-9)6-4-12-5-8-6/h4H,3,11H2,1-2H3. The SMILES string of the molecule is CCOC(C)([PH2]=O)c1cs[c]n1. The average Bonchev–Trinajstić information content (AvgIpc) is 2.57. The molecule has 0 fully saturated rings. The van der Waals surface area contributed by atoms with E-state index in [2.05, 4.69) is 10.5 Å². The van der Waals surface area contributed by atoms with Crippen LogP contribution in [0.25, 0.3) is 0 Å². The predicted octanol–water partition coefficient (Wildman–Crippen LogP) is 1.91. The van der Waals surface area contributed by atoms with Crippen molar-refractivity contribution in [2.75, 3.05) is 6.61 Å². The number of aromatic nitrogens is 1. The summed E-state index contributed by atoms with van der Waals surface area (Å²) in [4.78, 5) is 3.97. The minimum atomic E-state index is -1.02. The van der Waals surface area contributed by atoms with Crippen LogP contribution < -0.4 is 0 Å². The van der Waals surface area contributed by atoms with Crippen LogP contribution in [-0.4, -0.2) is 11.6 Å². The van der Waals surface area contributed by atoms with Gasteiger partial charge in [-0.05, 0) is 13.8 Å². The molecule has 0 aliphatic rings. The molecule has 5 heteroatoms. The Balaban J connectivity index is 2.87. The molecule has 0 bridgehead atoms. The first-order valence-electron chi connectivity index (χ1n) is 3.65. The van der Waals surface area contributed by atoms with Gasteiger partial charge in [0.2, 0.25) is 0 Å². The monoisotopic (exact) mass is 204 g/mol. The summed E-state index contributed by atoms with van der Waals surface area (Å²) in [6, 6.07) is 0. The molecule has 3 nitrogen and oxygen atoms in total. The summed E-state index contributed by atoms with van der Waals surface area (Å²) in [5, 5.41) is 1.13. The molecule has 1 radical (unpaired) electrons. The van der Waals surface area contributed by atoms with Crippen molar-refractivity contribution >= 4 is 19.8 Å². The second-order valence-corrected chi connectivity index (χ2v) is 4.47. The van der Waals surface area contributed by atoms with Gasteiger partial charge < -0.3 is 9.30 Å². The largest absolute Gasteiger partial charge is 0.362 e. The van der Waals surface area contributed by atoms with E-state index in [9.17, 15) is 4.57 Å². The quantitative estimate of drug-likeness (QED) is 0.703. The van der Waals surface area contributed by atoms with Gasteiger partial charge in [0, 0.05) is 12.0 Å². The summed E-state index contributed by atoms with van der Waals surface area (Å²) < 4.78 is 16.3. The van der Waals surface area contributed by atoms with E-state index in [1.54, 1.807) is 6.92 Å². The lowest BCUT2D eigenvalue weighted by molar-refractivity contribution is 0.0385. The highest BCUT2D eigenvalue weighted by Gasteiger charge is 2.27. The zero-order valence-electron chi connectivity index (χ0n) is 7.03. The van der Waals surface area contributed by atoms with E-state index < -0.39 is 13.8 Å². The van der Waals surface area contributed by atoms with E-state index in [4.69, 9.17) is 4.74 Å². The first-order chi connectivity index (χ1) is 5.73. The zero-order valence-corrected chi connectivity index (χ0v) is 9.00. The predicted molar refractivity (Wildman–Crippen MR) is 50.3 cm³/mol. The van der Waals surface area contributed by atoms with Crippen molar-refractivity contribution in [3.63, 3.8) is 0 Å². The van der Waals surface area contributed by atoms with Crippen molar-refractivity contribution < 1.29 is 9.30 Å². The molecule has 0 aromatic carbocycles. The Morgan fingerprint density at radius 3 is 3.08 bits per heavy atom. The maximum Gasteiger partial charge on any atom is 0.155 e. The van der Waals surface area contributed by atoms with E-state index in [1.807, 2.05) is 12.3 Å². The van der Waals surface area contributed by atoms with Gasteiger partial charge in [0.15, 0.2) is 10.9 Å². The highest BCUT2D eigenvalue weighted by Crippen LogP contribution is 2.35. The van der Waals surface area contributed by atoms with Crippen LogP contribution in [0.5, 0.6) is 0 Å². The lowest BCUT2D eigenvalue weighted by Gasteiger charge is -2.20. The average molecular weight is 204 g/mol. The number of rotatable bonds is 4. The van der Waals surface area contributed by atoms with Crippen LogP contribution in [0.15, 0.2) is 5.38 Å². The molecular formula is C7H11NO2PS. The molecule has 0 spiro atoms. The number of ether oxygens (including phenoxy) is 1. The van der Waals surface area contributed by atoms with Gasteiger partial charge in [-0.3, -0.25) is 0 Å². The number of thiazole rings is 1. The van der Waals surface area contributed by atoms with Crippen molar-refractivity contribution in [3.8, 4) is 0 Å². The van der Waals surface area contributed by atoms with Crippen molar-refractivity contribution in [2.24, 2.45) is 0 Å². The zero-order chi connectivity index (χ0) is 9.03. The smallest absolute Gasteiger partial charge is 0.155 e. The topological polar surface area (TPSA) is 39.2 Å². The highest BCUT2D eigenvalue weighted by molar-refractivity contribution is 7.25. The van der Waals surface area contributed by atoms with Gasteiger partial charge in [0.05, 0.1) is 5.69 Å². The Morgan fingerprint density at radius 2 is 2.67 bits per heavy atom. The van der Waals surface area contributed by atoms with E-state index in [1.165, 1.54) is 11.3 Å². The minimum Gasteiger partial charge on any atom is -0.362 e. The molecule has 2 atom stereocenters. The molecule has 0 amide bonds. The van der Waals surface area contributed by atoms with Crippen LogP contribution in [-0.2, 0) is 14.6 Å². The van der Waals surface area contributed by atoms with E-state index >= 15 is 0 Å². The lowest BCUT2D eigenvalue weighted by Crippen LogP contribution is -2.18. The molecular weight excluding hydrogens is 193 g/mol. The molecule has 1 rings (SSSR count). The molecule has 1 aromatic rings. The van der Waals surface area contributed by atoms with Gasteiger partial charge in [-0.15, -0.1) is 11.3 Å². The van der Waals surface area contributed by atoms with Gasteiger partial charge in [-0.2, -0.15) is 0 Å². The summed E-state index contributed by atoms with van der Waals surface area (Å²) in [5.41, 5.74) is 3.44. The molecule has 0 aliphatic carbocycles. The normalized spacial score (nSPS) is 16.8. The maximum absolute atomic E-state index is 10.9. The highest BCUT2D eigenvalue weighted by atomic mass is 32.1. The summed E-state index contributed by atoms with van der Waals surface area (Å²) in [7, 11) is -1.02. The van der Waals surface area contributed by atoms with E-state index in [0.717, 1.165) is 5.69 Å². The third-order valence-corrected chi connectivity index (χ3v) is 3.02. The number of nitrogens with zero attached hydrogens (tertiary/aromatic N) is 1.